The Morgan fingerprint density at radius 2 is 2.20 bits per heavy atom. The van der Waals surface area contributed by atoms with Gasteiger partial charge in [-0.25, -0.2) is 0 Å². The van der Waals surface area contributed by atoms with Crippen LogP contribution in [-0.2, 0) is 9.47 Å². The van der Waals surface area contributed by atoms with Crippen LogP contribution in [-0.4, -0.2) is 42.4 Å². The molecule has 1 fully saturated rings. The van der Waals surface area contributed by atoms with Crippen LogP contribution in [0, 0.1) is 0 Å². The van der Waals surface area contributed by atoms with E-state index in [1.54, 1.807) is 0 Å². The van der Waals surface area contributed by atoms with Gasteiger partial charge in [0.1, 0.15) is 6.10 Å². The second-order valence-electron chi connectivity index (χ2n) is 2.22. The molecular formula is C6H12O4. The number of hydrogen-bond donors (Lipinski definition) is 2. The van der Waals surface area contributed by atoms with Crippen molar-refractivity contribution < 1.29 is 19.7 Å². The van der Waals surface area contributed by atoms with Gasteiger partial charge in [-0.2, -0.15) is 0 Å². The van der Waals surface area contributed by atoms with Crippen LogP contribution >= 0.6 is 0 Å². The lowest BCUT2D eigenvalue weighted by molar-refractivity contribution is -0.0757. The molecule has 0 aromatic carbocycles. The van der Waals surface area contributed by atoms with E-state index in [0.717, 1.165) is 0 Å². The van der Waals surface area contributed by atoms with Gasteiger partial charge < -0.3 is 19.7 Å². The SMILES string of the molecule is OCCC1OCC(CO)O1. The van der Waals surface area contributed by atoms with E-state index in [9.17, 15) is 0 Å². The number of aliphatic hydroxyl groups excluding tert-OH is 2. The van der Waals surface area contributed by atoms with Crippen LogP contribution in [0.1, 0.15) is 6.42 Å². The van der Waals surface area contributed by atoms with Gasteiger partial charge in [0.25, 0.3) is 0 Å². The van der Waals surface area contributed by atoms with Crippen LogP contribution < -0.4 is 0 Å². The zero-order valence-corrected chi connectivity index (χ0v) is 5.69. The Bertz CT molecular complexity index is 95.7. The topological polar surface area (TPSA) is 58.9 Å². The van der Waals surface area contributed by atoms with Gasteiger partial charge in [-0.05, 0) is 0 Å². The summed E-state index contributed by atoms with van der Waals surface area (Å²) >= 11 is 0. The minimum atomic E-state index is -0.317. The maximum atomic E-state index is 8.58. The lowest BCUT2D eigenvalue weighted by atomic mass is 10.4. The summed E-state index contributed by atoms with van der Waals surface area (Å²) in [4.78, 5) is 0. The third-order valence-corrected chi connectivity index (χ3v) is 1.38. The van der Waals surface area contributed by atoms with Crippen LogP contribution in [0.5, 0.6) is 0 Å². The largest absolute Gasteiger partial charge is 0.396 e. The maximum absolute atomic E-state index is 8.58. The average Bonchev–Trinajstić information content (AvgIpc) is 2.37. The Hall–Kier alpha value is -0.160. The summed E-state index contributed by atoms with van der Waals surface area (Å²) in [7, 11) is 0. The lowest BCUT2D eigenvalue weighted by Gasteiger charge is -2.06. The Balaban J connectivity index is 2.15. The van der Waals surface area contributed by atoms with E-state index in [2.05, 4.69) is 0 Å². The monoisotopic (exact) mass is 148 g/mol. The van der Waals surface area contributed by atoms with Gasteiger partial charge in [0.15, 0.2) is 6.29 Å². The molecular weight excluding hydrogens is 136 g/mol. The van der Waals surface area contributed by atoms with E-state index in [0.29, 0.717) is 13.0 Å². The number of rotatable bonds is 3. The van der Waals surface area contributed by atoms with E-state index in [-0.39, 0.29) is 25.6 Å². The fourth-order valence-corrected chi connectivity index (χ4v) is 0.860. The molecule has 4 heteroatoms. The minimum absolute atomic E-state index is 0.0120. The molecule has 0 aliphatic carbocycles. The highest BCUT2D eigenvalue weighted by molar-refractivity contribution is 4.63. The van der Waals surface area contributed by atoms with Gasteiger partial charge in [0.2, 0.25) is 0 Å². The quantitative estimate of drug-likeness (QED) is 0.544. The minimum Gasteiger partial charge on any atom is -0.396 e. The molecule has 1 aliphatic heterocycles. The zero-order chi connectivity index (χ0) is 7.40. The van der Waals surface area contributed by atoms with Crippen molar-refractivity contribution in [3.63, 3.8) is 0 Å². The van der Waals surface area contributed by atoms with Gasteiger partial charge in [-0.1, -0.05) is 0 Å². The molecule has 0 radical (unpaired) electrons. The van der Waals surface area contributed by atoms with Gasteiger partial charge >= 0.3 is 0 Å². The highest BCUT2D eigenvalue weighted by atomic mass is 16.7. The molecule has 1 heterocycles. The molecule has 0 saturated carbocycles. The number of aliphatic hydroxyl groups is 2. The van der Waals surface area contributed by atoms with Crippen molar-refractivity contribution >= 4 is 0 Å². The molecule has 60 valence electrons. The van der Waals surface area contributed by atoms with Crippen LogP contribution in [0.2, 0.25) is 0 Å². The highest BCUT2D eigenvalue weighted by Crippen LogP contribution is 2.12. The lowest BCUT2D eigenvalue weighted by Crippen LogP contribution is -2.16. The Kier molecular flexibility index (Phi) is 3.08. The van der Waals surface area contributed by atoms with Crippen molar-refractivity contribution in [3.8, 4) is 0 Å². The smallest absolute Gasteiger partial charge is 0.160 e. The van der Waals surface area contributed by atoms with Crippen molar-refractivity contribution in [1.29, 1.82) is 0 Å². The fraction of sp³-hybridized carbons (Fsp3) is 1.00. The molecule has 0 bridgehead atoms. The third-order valence-electron chi connectivity index (χ3n) is 1.38. The summed E-state index contributed by atoms with van der Waals surface area (Å²) in [6.45, 7) is 0.478. The third kappa shape index (κ3) is 1.91. The predicted octanol–water partition coefficient (Wildman–Crippen LogP) is -0.897. The normalized spacial score (nSPS) is 33.0. The first-order chi connectivity index (χ1) is 4.86. The van der Waals surface area contributed by atoms with E-state index in [1.807, 2.05) is 0 Å². The molecule has 0 amide bonds. The zero-order valence-electron chi connectivity index (χ0n) is 5.69. The molecule has 1 aliphatic rings. The van der Waals surface area contributed by atoms with E-state index in [1.165, 1.54) is 0 Å². The van der Waals surface area contributed by atoms with E-state index >= 15 is 0 Å². The van der Waals surface area contributed by atoms with E-state index < -0.39 is 0 Å². The van der Waals surface area contributed by atoms with Crippen LogP contribution in [0.3, 0.4) is 0 Å². The maximum Gasteiger partial charge on any atom is 0.160 e. The van der Waals surface area contributed by atoms with Gasteiger partial charge in [-0.3, -0.25) is 0 Å². The molecule has 0 spiro atoms. The fourth-order valence-electron chi connectivity index (χ4n) is 0.860. The van der Waals surface area contributed by atoms with Crippen molar-refractivity contribution in [2.24, 2.45) is 0 Å². The molecule has 0 aromatic heterocycles. The molecule has 0 aromatic rings. The van der Waals surface area contributed by atoms with Crippen molar-refractivity contribution in [1.82, 2.24) is 0 Å². The summed E-state index contributed by atoms with van der Waals surface area (Å²) < 4.78 is 10.2. The highest BCUT2D eigenvalue weighted by Gasteiger charge is 2.24. The Morgan fingerprint density at radius 1 is 1.40 bits per heavy atom. The van der Waals surface area contributed by atoms with Gasteiger partial charge in [-0.15, -0.1) is 0 Å². The van der Waals surface area contributed by atoms with Crippen LogP contribution in [0.15, 0.2) is 0 Å². The van der Waals surface area contributed by atoms with Gasteiger partial charge in [0.05, 0.1) is 13.2 Å². The first-order valence-electron chi connectivity index (χ1n) is 3.35. The second-order valence-corrected chi connectivity index (χ2v) is 2.22. The van der Waals surface area contributed by atoms with Gasteiger partial charge in [0, 0.05) is 13.0 Å². The summed E-state index contributed by atoms with van der Waals surface area (Å²) in [5.74, 6) is 0. The average molecular weight is 148 g/mol. The molecule has 2 N–H and O–H groups in total. The summed E-state index contributed by atoms with van der Waals surface area (Å²) in [6.07, 6.45) is -0.0325. The van der Waals surface area contributed by atoms with Crippen molar-refractivity contribution in [2.45, 2.75) is 18.8 Å². The van der Waals surface area contributed by atoms with Crippen molar-refractivity contribution in [2.75, 3.05) is 19.8 Å². The molecule has 10 heavy (non-hydrogen) atoms. The number of hydrogen-bond acceptors (Lipinski definition) is 4. The van der Waals surface area contributed by atoms with Crippen LogP contribution in [0.4, 0.5) is 0 Å². The molecule has 4 nitrogen and oxygen atoms in total. The molecule has 2 unspecified atom stereocenters. The van der Waals surface area contributed by atoms with Crippen LogP contribution in [0.25, 0.3) is 0 Å². The molecule has 2 atom stereocenters. The first-order valence-corrected chi connectivity index (χ1v) is 3.35. The van der Waals surface area contributed by atoms with E-state index in [4.69, 9.17) is 19.7 Å². The first kappa shape index (κ1) is 7.94. The molecule has 1 rings (SSSR count). The molecule has 1 saturated heterocycles. The summed E-state index contributed by atoms with van der Waals surface area (Å²) in [6, 6.07) is 0. The Labute approximate surface area is 59.4 Å². The summed E-state index contributed by atoms with van der Waals surface area (Å²) in [5.41, 5.74) is 0. The van der Waals surface area contributed by atoms with Crippen molar-refractivity contribution in [3.05, 3.63) is 0 Å². The second kappa shape index (κ2) is 3.88. The predicted molar refractivity (Wildman–Crippen MR) is 33.4 cm³/mol. The summed E-state index contributed by atoms with van der Waals surface area (Å²) in [5, 5.41) is 17.0. The standard InChI is InChI=1S/C6H12O4/c7-2-1-6-9-4-5(3-8)10-6/h5-8H,1-4H2. The number of ether oxygens (including phenoxy) is 2. The Morgan fingerprint density at radius 3 is 2.70 bits per heavy atom.